The summed E-state index contributed by atoms with van der Waals surface area (Å²) in [4.78, 5) is 49.4. The first-order valence-electron chi connectivity index (χ1n) is 12.2. The number of piperidine rings is 2. The van der Waals surface area contributed by atoms with E-state index in [9.17, 15) is 19.2 Å². The van der Waals surface area contributed by atoms with Gasteiger partial charge in [0.25, 0.3) is 0 Å². The van der Waals surface area contributed by atoms with E-state index in [-0.39, 0.29) is 36.4 Å². The zero-order chi connectivity index (χ0) is 27.1. The van der Waals surface area contributed by atoms with Crippen molar-refractivity contribution in [1.29, 1.82) is 0 Å². The molecule has 0 saturated carbocycles. The Labute approximate surface area is 209 Å². The van der Waals surface area contributed by atoms with Crippen molar-refractivity contribution in [2.45, 2.75) is 79.4 Å². The summed E-state index contributed by atoms with van der Waals surface area (Å²) in [5.74, 6) is -1.36. The molecule has 0 aromatic carbocycles. The van der Waals surface area contributed by atoms with Crippen LogP contribution in [-0.2, 0) is 23.8 Å². The van der Waals surface area contributed by atoms with Crippen molar-refractivity contribution >= 4 is 24.1 Å². The molecule has 0 spiro atoms. The van der Waals surface area contributed by atoms with Gasteiger partial charge < -0.3 is 29.1 Å². The number of methoxy groups -OCH3 is 1. The minimum atomic E-state index is -0.842. The molecule has 202 valence electrons. The average Bonchev–Trinajstić information content (AvgIpc) is 2.70. The van der Waals surface area contributed by atoms with Crippen molar-refractivity contribution in [3.63, 3.8) is 0 Å². The van der Waals surface area contributed by atoms with Crippen LogP contribution < -0.4 is 0 Å². The summed E-state index contributed by atoms with van der Waals surface area (Å²) in [6.45, 7) is 16.7. The average molecular weight is 501 g/mol. The second-order valence-electron chi connectivity index (χ2n) is 11.7. The van der Waals surface area contributed by atoms with Gasteiger partial charge in [-0.1, -0.05) is 13.8 Å². The Hall–Kier alpha value is -2.52. The Morgan fingerprint density at radius 1 is 0.714 bits per heavy atom. The van der Waals surface area contributed by atoms with Crippen LogP contribution in [0.4, 0.5) is 9.59 Å². The molecular formula is C25H44N2O8. The highest BCUT2D eigenvalue weighted by Crippen LogP contribution is 2.25. The second kappa shape index (κ2) is 12.4. The van der Waals surface area contributed by atoms with Crippen molar-refractivity contribution in [3.05, 3.63) is 0 Å². The van der Waals surface area contributed by atoms with Gasteiger partial charge in [-0.15, -0.1) is 0 Å². The topological polar surface area (TPSA) is 123 Å². The summed E-state index contributed by atoms with van der Waals surface area (Å²) in [7, 11) is 1.37. The Morgan fingerprint density at radius 3 is 1.43 bits per heavy atom. The van der Waals surface area contributed by atoms with Gasteiger partial charge in [0.05, 0.1) is 18.9 Å². The molecule has 0 aromatic heterocycles. The van der Waals surface area contributed by atoms with Gasteiger partial charge in [0.2, 0.25) is 0 Å². The largest absolute Gasteiger partial charge is 0.481 e. The molecule has 2 aliphatic rings. The lowest BCUT2D eigenvalue weighted by Crippen LogP contribution is -2.47. The predicted octanol–water partition coefficient (Wildman–Crippen LogP) is 4.02. The fourth-order valence-electron chi connectivity index (χ4n) is 4.17. The van der Waals surface area contributed by atoms with Crippen LogP contribution in [0.25, 0.3) is 0 Å². The molecule has 35 heavy (non-hydrogen) atoms. The SMILES string of the molecule is CC1CC(C(=O)O)CN(C(=O)OC(C)(C)C)C1.COC(=O)C1CC(C)CN(C(=O)OC(C)(C)C)C1. The van der Waals surface area contributed by atoms with Crippen LogP contribution >= 0.6 is 0 Å². The van der Waals surface area contributed by atoms with E-state index in [2.05, 4.69) is 0 Å². The zero-order valence-corrected chi connectivity index (χ0v) is 22.8. The van der Waals surface area contributed by atoms with Gasteiger partial charge in [0.1, 0.15) is 11.2 Å². The number of carboxylic acid groups (broad SMARTS) is 1. The normalized spacial score (nSPS) is 25.1. The van der Waals surface area contributed by atoms with Crippen molar-refractivity contribution in [2.75, 3.05) is 33.3 Å². The molecule has 0 aliphatic carbocycles. The molecule has 0 aromatic rings. The third-order valence-electron chi connectivity index (χ3n) is 5.51. The minimum absolute atomic E-state index is 0.192. The summed E-state index contributed by atoms with van der Waals surface area (Å²) < 4.78 is 15.3. The molecule has 2 aliphatic heterocycles. The number of nitrogens with zero attached hydrogens (tertiary/aromatic N) is 2. The first kappa shape index (κ1) is 30.5. The fourth-order valence-corrected chi connectivity index (χ4v) is 4.17. The molecule has 2 amide bonds. The summed E-state index contributed by atoms with van der Waals surface area (Å²) in [6, 6.07) is 0. The van der Waals surface area contributed by atoms with E-state index in [4.69, 9.17) is 19.3 Å². The fraction of sp³-hybridized carbons (Fsp3) is 0.840. The lowest BCUT2D eigenvalue weighted by molar-refractivity contribution is -0.148. The van der Waals surface area contributed by atoms with Crippen LogP contribution in [-0.4, -0.2) is 83.5 Å². The molecule has 2 fully saturated rings. The van der Waals surface area contributed by atoms with Crippen molar-refractivity contribution in [2.24, 2.45) is 23.7 Å². The van der Waals surface area contributed by atoms with Crippen molar-refractivity contribution in [3.8, 4) is 0 Å². The number of hydrogen-bond acceptors (Lipinski definition) is 7. The first-order valence-corrected chi connectivity index (χ1v) is 12.2. The quantitative estimate of drug-likeness (QED) is 0.446. The number of amides is 2. The third kappa shape index (κ3) is 11.2. The summed E-state index contributed by atoms with van der Waals surface area (Å²) >= 11 is 0. The van der Waals surface area contributed by atoms with E-state index in [1.807, 2.05) is 34.6 Å². The number of esters is 1. The highest BCUT2D eigenvalue weighted by atomic mass is 16.6. The number of carboxylic acids is 1. The number of ether oxygens (including phenoxy) is 3. The van der Waals surface area contributed by atoms with Gasteiger partial charge in [-0.3, -0.25) is 9.59 Å². The molecule has 0 radical (unpaired) electrons. The molecule has 2 rings (SSSR count). The van der Waals surface area contributed by atoms with Gasteiger partial charge in [-0.05, 0) is 66.2 Å². The summed E-state index contributed by atoms with van der Waals surface area (Å²) in [5.41, 5.74) is -1.06. The van der Waals surface area contributed by atoms with Gasteiger partial charge in [-0.2, -0.15) is 0 Å². The molecule has 10 heteroatoms. The van der Waals surface area contributed by atoms with Crippen LogP contribution in [0.15, 0.2) is 0 Å². The van der Waals surface area contributed by atoms with Gasteiger partial charge in [0, 0.05) is 26.2 Å². The van der Waals surface area contributed by atoms with Gasteiger partial charge >= 0.3 is 24.1 Å². The van der Waals surface area contributed by atoms with Crippen LogP contribution in [0.5, 0.6) is 0 Å². The third-order valence-corrected chi connectivity index (χ3v) is 5.51. The number of aliphatic carboxylic acids is 1. The van der Waals surface area contributed by atoms with Crippen LogP contribution in [0.1, 0.15) is 68.2 Å². The Bertz CT molecular complexity index is 756. The maximum absolute atomic E-state index is 12.0. The second-order valence-corrected chi connectivity index (χ2v) is 11.7. The molecule has 1 N–H and O–H groups in total. The first-order chi connectivity index (χ1) is 15.9. The van der Waals surface area contributed by atoms with Crippen LogP contribution in [0, 0.1) is 23.7 Å². The van der Waals surface area contributed by atoms with E-state index >= 15 is 0 Å². The number of hydrogen-bond donors (Lipinski definition) is 1. The summed E-state index contributed by atoms with van der Waals surface area (Å²) in [5, 5.41) is 9.01. The number of carbonyl (C=O) groups is 4. The van der Waals surface area contributed by atoms with Crippen molar-refractivity contribution in [1.82, 2.24) is 9.80 Å². The Morgan fingerprint density at radius 2 is 1.09 bits per heavy atom. The van der Waals surface area contributed by atoms with E-state index in [0.717, 1.165) is 6.42 Å². The minimum Gasteiger partial charge on any atom is -0.481 e. The lowest BCUT2D eigenvalue weighted by atomic mass is 9.91. The van der Waals surface area contributed by atoms with Crippen molar-refractivity contribution < 1.29 is 38.5 Å². The van der Waals surface area contributed by atoms with Crippen LogP contribution in [0.2, 0.25) is 0 Å². The summed E-state index contributed by atoms with van der Waals surface area (Å²) in [6.07, 6.45) is 0.596. The van der Waals surface area contributed by atoms with E-state index in [0.29, 0.717) is 26.1 Å². The maximum atomic E-state index is 12.0. The molecule has 2 saturated heterocycles. The molecular weight excluding hydrogens is 456 g/mol. The smallest absolute Gasteiger partial charge is 0.410 e. The van der Waals surface area contributed by atoms with E-state index < -0.39 is 29.2 Å². The molecule has 2 heterocycles. The predicted molar refractivity (Wildman–Crippen MR) is 130 cm³/mol. The molecule has 10 nitrogen and oxygen atoms in total. The zero-order valence-electron chi connectivity index (χ0n) is 22.8. The number of likely N-dealkylation sites (tertiary alicyclic amines) is 2. The maximum Gasteiger partial charge on any atom is 0.410 e. The van der Waals surface area contributed by atoms with Gasteiger partial charge in [0.15, 0.2) is 0 Å². The number of carbonyl (C=O) groups excluding carboxylic acids is 3. The van der Waals surface area contributed by atoms with Gasteiger partial charge in [-0.25, -0.2) is 9.59 Å². The Balaban J connectivity index is 0.000000351. The number of rotatable bonds is 2. The lowest BCUT2D eigenvalue weighted by Gasteiger charge is -2.36. The van der Waals surface area contributed by atoms with E-state index in [1.54, 1.807) is 25.7 Å². The Kier molecular flexibility index (Phi) is 10.8. The van der Waals surface area contributed by atoms with E-state index in [1.165, 1.54) is 12.0 Å². The molecule has 4 unspecified atom stereocenters. The van der Waals surface area contributed by atoms with Crippen LogP contribution in [0.3, 0.4) is 0 Å². The molecule has 4 atom stereocenters. The highest BCUT2D eigenvalue weighted by Gasteiger charge is 2.35. The monoisotopic (exact) mass is 500 g/mol. The molecule has 0 bridgehead atoms. The standard InChI is InChI=1S/C13H23NO4.C12H21NO4/c1-9-6-10(11(15)17-5)8-14(7-9)12(16)18-13(2,3)4;1-8-5-9(10(14)15)7-13(6-8)11(16)17-12(2,3)4/h9-10H,6-8H2,1-5H3;8-9H,5-7H2,1-4H3,(H,14,15). The highest BCUT2D eigenvalue weighted by molar-refractivity contribution is 5.75.